The van der Waals surface area contributed by atoms with Crippen LogP contribution < -0.4 is 0 Å². The van der Waals surface area contributed by atoms with Crippen LogP contribution in [-0.2, 0) is 9.16 Å². The SMILES string of the molecule is CCCCOC(C)O[Si]. The maximum Gasteiger partial charge on any atom is 0.249 e. The highest BCUT2D eigenvalue weighted by atomic mass is 28.2. The molecule has 0 heterocycles. The lowest BCUT2D eigenvalue weighted by molar-refractivity contribution is -0.0635. The van der Waals surface area contributed by atoms with E-state index in [4.69, 9.17) is 4.74 Å². The number of hydrogen-bond acceptors (Lipinski definition) is 2. The summed E-state index contributed by atoms with van der Waals surface area (Å²) in [6.45, 7) is 4.76. The fourth-order valence-electron chi connectivity index (χ4n) is 0.428. The molecule has 2 nitrogen and oxygen atoms in total. The van der Waals surface area contributed by atoms with Crippen molar-refractivity contribution in [2.75, 3.05) is 6.61 Å². The van der Waals surface area contributed by atoms with Gasteiger partial charge in [-0.05, 0) is 13.3 Å². The standard InChI is InChI=1S/C6H13O2Si/c1-3-4-5-7-6(2)8-9/h6H,3-5H2,1-2H3. The minimum absolute atomic E-state index is 0.131. The van der Waals surface area contributed by atoms with Gasteiger partial charge >= 0.3 is 0 Å². The van der Waals surface area contributed by atoms with E-state index in [2.05, 4.69) is 21.8 Å². The van der Waals surface area contributed by atoms with Crippen LogP contribution >= 0.6 is 0 Å². The van der Waals surface area contributed by atoms with Crippen LogP contribution in [0.4, 0.5) is 0 Å². The number of rotatable bonds is 5. The maximum absolute atomic E-state index is 5.16. The summed E-state index contributed by atoms with van der Waals surface area (Å²) < 4.78 is 9.84. The predicted molar refractivity (Wildman–Crippen MR) is 37.2 cm³/mol. The molecule has 0 saturated carbocycles. The van der Waals surface area contributed by atoms with Crippen LogP contribution in [0.15, 0.2) is 0 Å². The van der Waals surface area contributed by atoms with Gasteiger partial charge in [-0.25, -0.2) is 0 Å². The molecule has 0 amide bonds. The Labute approximate surface area is 60.1 Å². The van der Waals surface area contributed by atoms with Crippen molar-refractivity contribution >= 4 is 10.5 Å². The van der Waals surface area contributed by atoms with Gasteiger partial charge in [0.15, 0.2) is 0 Å². The Hall–Kier alpha value is 0.137. The second kappa shape index (κ2) is 6.26. The fraction of sp³-hybridized carbons (Fsp3) is 1.00. The zero-order valence-electron chi connectivity index (χ0n) is 6.02. The molecule has 9 heavy (non-hydrogen) atoms. The van der Waals surface area contributed by atoms with Gasteiger partial charge in [0, 0.05) is 6.61 Å². The van der Waals surface area contributed by atoms with Gasteiger partial charge in [0.1, 0.15) is 6.29 Å². The molecule has 53 valence electrons. The smallest absolute Gasteiger partial charge is 0.249 e. The van der Waals surface area contributed by atoms with Gasteiger partial charge in [-0.2, -0.15) is 0 Å². The van der Waals surface area contributed by atoms with E-state index in [1.165, 1.54) is 0 Å². The third-order valence-corrected chi connectivity index (χ3v) is 1.35. The Morgan fingerprint density at radius 1 is 1.56 bits per heavy atom. The Morgan fingerprint density at radius 2 is 2.22 bits per heavy atom. The van der Waals surface area contributed by atoms with Crippen molar-refractivity contribution in [2.24, 2.45) is 0 Å². The molecule has 1 atom stereocenters. The molecule has 0 aliphatic rings. The highest BCUT2D eigenvalue weighted by Crippen LogP contribution is 1.93. The molecule has 0 N–H and O–H groups in total. The van der Waals surface area contributed by atoms with Crippen molar-refractivity contribution in [3.63, 3.8) is 0 Å². The zero-order valence-corrected chi connectivity index (χ0v) is 7.02. The van der Waals surface area contributed by atoms with Gasteiger partial charge < -0.3 is 9.16 Å². The van der Waals surface area contributed by atoms with Gasteiger partial charge in [0.2, 0.25) is 10.5 Å². The molecule has 3 radical (unpaired) electrons. The molecule has 0 aliphatic carbocycles. The molecule has 0 aromatic rings. The highest BCUT2D eigenvalue weighted by molar-refractivity contribution is 5.98. The van der Waals surface area contributed by atoms with Crippen LogP contribution in [0.2, 0.25) is 0 Å². The molecular formula is C6H13O2Si. The van der Waals surface area contributed by atoms with Crippen LogP contribution in [-0.4, -0.2) is 23.4 Å². The van der Waals surface area contributed by atoms with Crippen molar-refractivity contribution in [1.82, 2.24) is 0 Å². The maximum atomic E-state index is 5.16. The van der Waals surface area contributed by atoms with E-state index in [-0.39, 0.29) is 6.29 Å². The Morgan fingerprint density at radius 3 is 2.67 bits per heavy atom. The lowest BCUT2D eigenvalue weighted by atomic mass is 10.4. The van der Waals surface area contributed by atoms with Crippen LogP contribution in [0.1, 0.15) is 26.7 Å². The first-order valence-corrected chi connectivity index (χ1v) is 3.66. The summed E-state index contributed by atoms with van der Waals surface area (Å²) in [5.74, 6) is 0. The fourth-order valence-corrected chi connectivity index (χ4v) is 0.496. The van der Waals surface area contributed by atoms with Gasteiger partial charge in [-0.15, -0.1) is 0 Å². The quantitative estimate of drug-likeness (QED) is 0.329. The highest BCUT2D eigenvalue weighted by Gasteiger charge is 1.95. The molecule has 0 bridgehead atoms. The molecular weight excluding hydrogens is 132 g/mol. The van der Waals surface area contributed by atoms with Crippen LogP contribution in [0.5, 0.6) is 0 Å². The second-order valence-corrected chi connectivity index (χ2v) is 2.15. The lowest BCUT2D eigenvalue weighted by Gasteiger charge is -2.09. The Bertz CT molecular complexity index is 59.0. The molecule has 3 heteroatoms. The first kappa shape index (κ1) is 9.14. The average Bonchev–Trinajstić information content (AvgIpc) is 1.89. The summed E-state index contributed by atoms with van der Waals surface area (Å²) in [4.78, 5) is 0. The Balaban J connectivity index is 2.88. The van der Waals surface area contributed by atoms with Crippen molar-refractivity contribution in [1.29, 1.82) is 0 Å². The monoisotopic (exact) mass is 145 g/mol. The van der Waals surface area contributed by atoms with E-state index < -0.39 is 0 Å². The minimum Gasteiger partial charge on any atom is -0.394 e. The molecule has 1 unspecified atom stereocenters. The van der Waals surface area contributed by atoms with E-state index in [1.807, 2.05) is 6.92 Å². The number of hydrogen-bond donors (Lipinski definition) is 0. The summed E-state index contributed by atoms with van der Waals surface area (Å²) in [6, 6.07) is 0. The number of ether oxygens (including phenoxy) is 1. The number of unbranched alkanes of at least 4 members (excludes halogenated alkanes) is 1. The summed E-state index contributed by atoms with van der Waals surface area (Å²) in [5, 5.41) is 0. The largest absolute Gasteiger partial charge is 0.394 e. The van der Waals surface area contributed by atoms with Crippen LogP contribution in [0, 0.1) is 0 Å². The molecule has 0 aromatic carbocycles. The van der Waals surface area contributed by atoms with Gasteiger partial charge in [-0.1, -0.05) is 13.3 Å². The molecule has 0 spiro atoms. The van der Waals surface area contributed by atoms with Crippen LogP contribution in [0.25, 0.3) is 0 Å². The average molecular weight is 145 g/mol. The predicted octanol–water partition coefficient (Wildman–Crippen LogP) is 1.25. The van der Waals surface area contributed by atoms with Gasteiger partial charge in [-0.3, -0.25) is 0 Å². The third kappa shape index (κ3) is 6.02. The molecule has 0 saturated heterocycles. The van der Waals surface area contributed by atoms with E-state index in [1.54, 1.807) is 0 Å². The second-order valence-electron chi connectivity index (χ2n) is 1.91. The summed E-state index contributed by atoms with van der Waals surface area (Å²) in [6.07, 6.45) is 2.13. The summed E-state index contributed by atoms with van der Waals surface area (Å²) >= 11 is 0. The van der Waals surface area contributed by atoms with Gasteiger partial charge in [0.25, 0.3) is 0 Å². The van der Waals surface area contributed by atoms with Crippen molar-refractivity contribution in [3.05, 3.63) is 0 Å². The summed E-state index contributed by atoms with van der Waals surface area (Å²) in [7, 11) is 2.89. The van der Waals surface area contributed by atoms with E-state index >= 15 is 0 Å². The van der Waals surface area contributed by atoms with E-state index in [9.17, 15) is 0 Å². The molecule has 0 fully saturated rings. The van der Waals surface area contributed by atoms with E-state index in [0.717, 1.165) is 19.4 Å². The molecule has 0 aromatic heterocycles. The molecule has 0 rings (SSSR count). The van der Waals surface area contributed by atoms with Gasteiger partial charge in [0.05, 0.1) is 0 Å². The van der Waals surface area contributed by atoms with Crippen molar-refractivity contribution < 1.29 is 9.16 Å². The topological polar surface area (TPSA) is 18.5 Å². The summed E-state index contributed by atoms with van der Waals surface area (Å²) in [5.41, 5.74) is 0. The first-order chi connectivity index (χ1) is 4.31. The van der Waals surface area contributed by atoms with Crippen molar-refractivity contribution in [2.45, 2.75) is 33.0 Å². The third-order valence-electron chi connectivity index (χ3n) is 1.02. The Kier molecular flexibility index (Phi) is 6.35. The molecule has 0 aliphatic heterocycles. The van der Waals surface area contributed by atoms with Crippen LogP contribution in [0.3, 0.4) is 0 Å². The first-order valence-electron chi connectivity index (χ1n) is 3.25. The minimum atomic E-state index is -0.131. The van der Waals surface area contributed by atoms with E-state index in [0.29, 0.717) is 0 Å². The van der Waals surface area contributed by atoms with Crippen molar-refractivity contribution in [3.8, 4) is 0 Å². The normalized spacial score (nSPS) is 13.7. The lowest BCUT2D eigenvalue weighted by Crippen LogP contribution is -2.11. The zero-order chi connectivity index (χ0) is 7.11.